The van der Waals surface area contributed by atoms with Gasteiger partial charge in [0.05, 0.1) is 0 Å². The fraction of sp³-hybridized carbons (Fsp3) is 0.733. The van der Waals surface area contributed by atoms with E-state index in [9.17, 15) is 0 Å². The zero-order valence-electron chi connectivity index (χ0n) is 11.4. The zero-order valence-corrected chi connectivity index (χ0v) is 15.9. The maximum atomic E-state index is 3.55. The van der Waals surface area contributed by atoms with Crippen LogP contribution >= 0.6 is 15.9 Å². The van der Waals surface area contributed by atoms with Crippen molar-refractivity contribution < 1.29 is 0 Å². The van der Waals surface area contributed by atoms with E-state index in [1.807, 2.05) is 0 Å². The van der Waals surface area contributed by atoms with Crippen molar-refractivity contribution in [2.45, 2.75) is 54.8 Å². The Balaban J connectivity index is 2.60. The summed E-state index contributed by atoms with van der Waals surface area (Å²) in [6, 6.07) is 0. The summed E-state index contributed by atoms with van der Waals surface area (Å²) in [5.41, 5.74) is 0. The molecule has 0 saturated heterocycles. The molecule has 0 bridgehead atoms. The second-order valence-corrected chi connectivity index (χ2v) is 17.9. The van der Waals surface area contributed by atoms with Gasteiger partial charge in [-0.05, 0) is 0 Å². The van der Waals surface area contributed by atoms with Crippen molar-refractivity contribution in [3.05, 3.63) is 20.3 Å². The second-order valence-electron chi connectivity index (χ2n) is 5.30. The number of rotatable bonds is 8. The number of hydrogen-bond donors (Lipinski definition) is 0. The predicted octanol–water partition coefficient (Wildman–Crippen LogP) is 5.64. The van der Waals surface area contributed by atoms with Crippen molar-refractivity contribution in [1.29, 1.82) is 0 Å². The first-order valence-corrected chi connectivity index (χ1v) is 15.7. The topological polar surface area (TPSA) is 0 Å². The molecule has 98 valence electrons. The van der Waals surface area contributed by atoms with Gasteiger partial charge in [0.1, 0.15) is 0 Å². The molecule has 0 nitrogen and oxygen atoms in total. The Labute approximate surface area is 120 Å². The number of halogens is 1. The third-order valence-electron chi connectivity index (χ3n) is 3.78. The monoisotopic (exact) mass is 406 g/mol. The summed E-state index contributed by atoms with van der Waals surface area (Å²) in [5.74, 6) is 0.711. The van der Waals surface area contributed by atoms with Crippen LogP contribution in [0.15, 0.2) is 20.3 Å². The van der Waals surface area contributed by atoms with E-state index in [2.05, 4.69) is 50.1 Å². The van der Waals surface area contributed by atoms with Gasteiger partial charge in [-0.15, -0.1) is 0 Å². The van der Waals surface area contributed by atoms with Gasteiger partial charge in [0.2, 0.25) is 0 Å². The Bertz CT molecular complexity index is 234. The van der Waals surface area contributed by atoms with Gasteiger partial charge in [-0.1, -0.05) is 0 Å². The summed E-state index contributed by atoms with van der Waals surface area (Å²) < 4.78 is 8.51. The molecular weight excluding hydrogens is 379 g/mol. The number of alkyl halides is 1. The molecule has 0 aromatic carbocycles. The Kier molecular flexibility index (Phi) is 8.18. The van der Waals surface area contributed by atoms with Gasteiger partial charge in [0, 0.05) is 0 Å². The molecule has 0 N–H and O–H groups in total. The van der Waals surface area contributed by atoms with Crippen LogP contribution in [0.1, 0.15) is 46.0 Å². The van der Waals surface area contributed by atoms with Gasteiger partial charge in [0.15, 0.2) is 0 Å². The quantitative estimate of drug-likeness (QED) is 0.362. The summed E-state index contributed by atoms with van der Waals surface area (Å²) in [7, 11) is 0. The summed E-state index contributed by atoms with van der Waals surface area (Å²) in [6.45, 7) is 4.65. The average Bonchev–Trinajstić information content (AvgIpc) is 2.37. The van der Waals surface area contributed by atoms with Crippen LogP contribution in [0.4, 0.5) is 0 Å². The van der Waals surface area contributed by atoms with E-state index >= 15 is 0 Å². The Morgan fingerprint density at radius 3 is 1.94 bits per heavy atom. The van der Waals surface area contributed by atoms with Crippen molar-refractivity contribution in [2.75, 3.05) is 5.33 Å². The molecule has 0 unspecified atom stereocenters. The molecule has 0 fully saturated rings. The first-order chi connectivity index (χ1) is 8.26. The SMILES string of the molecule is CCC[CH2][Sn]1([CH2]CCC)[CH]=CC(CCBr)C=[CH]1. The number of hydrogen-bond acceptors (Lipinski definition) is 0. The van der Waals surface area contributed by atoms with Crippen LogP contribution in [0.2, 0.25) is 8.87 Å². The molecule has 0 amide bonds. The fourth-order valence-corrected chi connectivity index (χ4v) is 15.4. The molecule has 0 saturated carbocycles. The molecule has 17 heavy (non-hydrogen) atoms. The van der Waals surface area contributed by atoms with Crippen molar-refractivity contribution in [1.82, 2.24) is 0 Å². The van der Waals surface area contributed by atoms with Gasteiger partial charge in [0.25, 0.3) is 0 Å². The predicted molar refractivity (Wildman–Crippen MR) is 85.4 cm³/mol. The minimum absolute atomic E-state index is 0.711. The standard InChI is InChI=1S/C7H9Br.2C4H9.Sn/c1-3-7(4-2)5-6-8;2*1-3-4-2;/h1-4,7H,5-6H2;2*1,3-4H2,2H3;. The van der Waals surface area contributed by atoms with Gasteiger partial charge >= 0.3 is 121 Å². The molecule has 1 aliphatic heterocycles. The number of unbranched alkanes of at least 4 members (excludes halogenated alkanes) is 2. The second kappa shape index (κ2) is 8.79. The molecule has 1 rings (SSSR count). The third-order valence-corrected chi connectivity index (χ3v) is 16.5. The van der Waals surface area contributed by atoms with E-state index in [0.717, 1.165) is 5.33 Å². The summed E-state index contributed by atoms with van der Waals surface area (Å²) in [4.78, 5) is 0. The normalized spacial score (nSPS) is 18.8. The van der Waals surface area contributed by atoms with Crippen molar-refractivity contribution >= 4 is 34.3 Å². The zero-order chi connectivity index (χ0) is 12.6. The van der Waals surface area contributed by atoms with E-state index in [0.29, 0.717) is 5.92 Å². The average molecular weight is 406 g/mol. The van der Waals surface area contributed by atoms with Gasteiger partial charge in [-0.3, -0.25) is 0 Å². The fourth-order valence-electron chi connectivity index (χ4n) is 2.54. The summed E-state index contributed by atoms with van der Waals surface area (Å²) >= 11 is 1.58. The molecule has 0 aromatic rings. The van der Waals surface area contributed by atoms with E-state index in [1.165, 1.54) is 32.1 Å². The Morgan fingerprint density at radius 2 is 1.53 bits per heavy atom. The van der Waals surface area contributed by atoms with Crippen LogP contribution in [0.3, 0.4) is 0 Å². The van der Waals surface area contributed by atoms with Gasteiger partial charge < -0.3 is 0 Å². The third kappa shape index (κ3) is 5.50. The number of allylic oxidation sites excluding steroid dienone is 2. The van der Waals surface area contributed by atoms with E-state index in [-0.39, 0.29) is 0 Å². The molecule has 2 heteroatoms. The van der Waals surface area contributed by atoms with Gasteiger partial charge in [-0.2, -0.15) is 0 Å². The molecule has 0 aliphatic carbocycles. The molecule has 1 heterocycles. The van der Waals surface area contributed by atoms with E-state index in [4.69, 9.17) is 0 Å². The van der Waals surface area contributed by atoms with Gasteiger partial charge in [-0.25, -0.2) is 0 Å². The molecule has 0 radical (unpaired) electrons. The van der Waals surface area contributed by atoms with Crippen molar-refractivity contribution in [2.24, 2.45) is 5.92 Å². The maximum absolute atomic E-state index is 3.55. The first kappa shape index (κ1) is 15.8. The van der Waals surface area contributed by atoms with Crippen LogP contribution < -0.4 is 0 Å². The van der Waals surface area contributed by atoms with E-state index in [1.54, 1.807) is 8.87 Å². The molecule has 0 aromatic heterocycles. The molecule has 0 spiro atoms. The van der Waals surface area contributed by atoms with Crippen LogP contribution in [-0.2, 0) is 0 Å². The van der Waals surface area contributed by atoms with Crippen molar-refractivity contribution in [3.63, 3.8) is 0 Å². The van der Waals surface area contributed by atoms with Crippen molar-refractivity contribution in [3.8, 4) is 0 Å². The minimum atomic E-state index is -1.97. The van der Waals surface area contributed by atoms with Crippen LogP contribution in [0.5, 0.6) is 0 Å². The summed E-state index contributed by atoms with van der Waals surface area (Å²) in [5, 5.41) is 1.12. The van der Waals surface area contributed by atoms with Crippen LogP contribution in [-0.4, -0.2) is 23.7 Å². The molecule has 1 aliphatic rings. The Morgan fingerprint density at radius 1 is 1.00 bits per heavy atom. The van der Waals surface area contributed by atoms with Crippen LogP contribution in [0.25, 0.3) is 0 Å². The Hall–Kier alpha value is 0.759. The first-order valence-electron chi connectivity index (χ1n) is 7.21. The molecule has 0 atom stereocenters. The summed E-state index contributed by atoms with van der Waals surface area (Å²) in [6.07, 6.45) is 11.9. The van der Waals surface area contributed by atoms with E-state index < -0.39 is 18.4 Å². The van der Waals surface area contributed by atoms with Crippen LogP contribution in [0, 0.1) is 5.92 Å². The molecular formula is C15H27BrSn.